The van der Waals surface area contributed by atoms with E-state index in [1.807, 2.05) is 11.4 Å². The molecule has 2 aromatic rings. The van der Waals surface area contributed by atoms with Crippen molar-refractivity contribution in [2.75, 3.05) is 19.6 Å². The standard InChI is InChI=1S/C16H19N3O2S.ClH/c20-14(18-13-9-19-4-1-10(13)2-5-19)7-11-8-17-12-3-6-22-16(12)15(11)21;/h3,6,8,10,13H,1-2,4-5,7,9H2,(H,17,21)(H,18,20);1H/t13-;/m0./s1. The van der Waals surface area contributed by atoms with E-state index in [1.54, 1.807) is 6.20 Å². The van der Waals surface area contributed by atoms with E-state index in [2.05, 4.69) is 15.2 Å². The lowest BCUT2D eigenvalue weighted by Gasteiger charge is -2.44. The van der Waals surface area contributed by atoms with Gasteiger partial charge in [0, 0.05) is 24.3 Å². The first kappa shape index (κ1) is 16.5. The Morgan fingerprint density at radius 3 is 2.87 bits per heavy atom. The van der Waals surface area contributed by atoms with E-state index in [9.17, 15) is 9.59 Å². The van der Waals surface area contributed by atoms with Crippen LogP contribution >= 0.6 is 23.7 Å². The van der Waals surface area contributed by atoms with Gasteiger partial charge in [-0.05, 0) is 43.3 Å². The Labute approximate surface area is 144 Å². The Bertz CT molecular complexity index is 764. The summed E-state index contributed by atoms with van der Waals surface area (Å²) < 4.78 is 0.702. The molecular formula is C16H20ClN3O2S. The molecule has 5 heterocycles. The number of rotatable bonds is 3. The van der Waals surface area contributed by atoms with Crippen LogP contribution in [0.3, 0.4) is 0 Å². The third kappa shape index (κ3) is 3.16. The average Bonchev–Trinajstić information content (AvgIpc) is 3.01. The van der Waals surface area contributed by atoms with Crippen LogP contribution in [0.15, 0.2) is 22.4 Å². The van der Waals surface area contributed by atoms with Gasteiger partial charge in [0.2, 0.25) is 11.3 Å². The summed E-state index contributed by atoms with van der Waals surface area (Å²) in [6, 6.07) is 2.14. The second-order valence-electron chi connectivity index (χ2n) is 6.30. The molecule has 0 aromatic carbocycles. The number of aromatic amines is 1. The lowest BCUT2D eigenvalue weighted by atomic mass is 9.84. The van der Waals surface area contributed by atoms with Crippen LogP contribution in [-0.2, 0) is 11.2 Å². The molecule has 3 aliphatic rings. The van der Waals surface area contributed by atoms with E-state index < -0.39 is 0 Å². The highest BCUT2D eigenvalue weighted by molar-refractivity contribution is 7.17. The number of carbonyl (C=O) groups excluding carboxylic acids is 1. The lowest BCUT2D eigenvalue weighted by Crippen LogP contribution is -2.57. The van der Waals surface area contributed by atoms with Crippen LogP contribution in [0.2, 0.25) is 0 Å². The van der Waals surface area contributed by atoms with Crippen LogP contribution in [0, 0.1) is 5.92 Å². The molecule has 3 fully saturated rings. The van der Waals surface area contributed by atoms with Gasteiger partial charge in [-0.15, -0.1) is 23.7 Å². The molecule has 124 valence electrons. The van der Waals surface area contributed by atoms with E-state index in [0.29, 0.717) is 16.2 Å². The van der Waals surface area contributed by atoms with Gasteiger partial charge >= 0.3 is 0 Å². The van der Waals surface area contributed by atoms with Crippen LogP contribution in [0.5, 0.6) is 0 Å². The number of H-pyrrole nitrogens is 1. The number of halogens is 1. The Hall–Kier alpha value is -1.37. The molecule has 0 saturated carbocycles. The van der Waals surface area contributed by atoms with Crippen molar-refractivity contribution in [2.45, 2.75) is 25.3 Å². The molecule has 0 radical (unpaired) electrons. The molecule has 1 atom stereocenters. The predicted octanol–water partition coefficient (Wildman–Crippen LogP) is 1.76. The van der Waals surface area contributed by atoms with Crippen molar-refractivity contribution >= 4 is 39.9 Å². The van der Waals surface area contributed by atoms with Crippen molar-refractivity contribution < 1.29 is 4.79 Å². The number of nitrogens with one attached hydrogen (secondary N) is 2. The van der Waals surface area contributed by atoms with Crippen LogP contribution < -0.4 is 10.7 Å². The summed E-state index contributed by atoms with van der Waals surface area (Å²) in [7, 11) is 0. The second kappa shape index (κ2) is 6.63. The maximum absolute atomic E-state index is 12.3. The summed E-state index contributed by atoms with van der Waals surface area (Å²) in [4.78, 5) is 30.2. The number of thiophene rings is 1. The van der Waals surface area contributed by atoms with Gasteiger partial charge in [-0.25, -0.2) is 0 Å². The second-order valence-corrected chi connectivity index (χ2v) is 7.21. The van der Waals surface area contributed by atoms with E-state index in [-0.39, 0.29) is 36.2 Å². The fourth-order valence-electron chi connectivity index (χ4n) is 3.67. The molecule has 5 rings (SSSR count). The molecule has 3 saturated heterocycles. The summed E-state index contributed by atoms with van der Waals surface area (Å²) in [6.07, 6.45) is 4.18. The number of nitrogens with zero attached hydrogens (tertiary/aromatic N) is 1. The molecule has 2 bridgehead atoms. The van der Waals surface area contributed by atoms with Crippen molar-refractivity contribution in [2.24, 2.45) is 5.92 Å². The van der Waals surface area contributed by atoms with Crippen molar-refractivity contribution in [3.8, 4) is 0 Å². The van der Waals surface area contributed by atoms with Crippen LogP contribution in [0.4, 0.5) is 0 Å². The van der Waals surface area contributed by atoms with Crippen LogP contribution in [0.25, 0.3) is 10.2 Å². The SMILES string of the molecule is Cl.O=C(Cc1c[nH]c2ccsc2c1=O)N[C@H]1CN2CCC1CC2. The lowest BCUT2D eigenvalue weighted by molar-refractivity contribution is -0.122. The molecule has 7 heteroatoms. The van der Waals surface area contributed by atoms with Gasteiger partial charge in [0.1, 0.15) is 0 Å². The first-order valence-corrected chi connectivity index (χ1v) is 8.68. The Morgan fingerprint density at radius 2 is 2.17 bits per heavy atom. The summed E-state index contributed by atoms with van der Waals surface area (Å²) in [5.74, 6) is 0.562. The zero-order valence-electron chi connectivity index (χ0n) is 12.7. The Morgan fingerprint density at radius 1 is 1.39 bits per heavy atom. The number of amides is 1. The van der Waals surface area contributed by atoms with Crippen LogP contribution in [-0.4, -0.2) is 41.5 Å². The minimum absolute atomic E-state index is 0. The largest absolute Gasteiger partial charge is 0.360 e. The number of hydrogen-bond acceptors (Lipinski definition) is 4. The maximum Gasteiger partial charge on any atom is 0.224 e. The van der Waals surface area contributed by atoms with Gasteiger partial charge in [0.25, 0.3) is 0 Å². The quantitative estimate of drug-likeness (QED) is 0.883. The number of piperidine rings is 3. The molecule has 0 unspecified atom stereocenters. The van der Waals surface area contributed by atoms with Crippen molar-refractivity contribution in [3.63, 3.8) is 0 Å². The summed E-state index contributed by atoms with van der Waals surface area (Å²) in [6.45, 7) is 3.27. The van der Waals surface area contributed by atoms with Gasteiger partial charge in [0.15, 0.2) is 0 Å². The third-order valence-electron chi connectivity index (χ3n) is 4.92. The molecule has 3 aliphatic heterocycles. The summed E-state index contributed by atoms with van der Waals surface area (Å²) >= 11 is 1.42. The van der Waals surface area contributed by atoms with Gasteiger partial charge in [-0.2, -0.15) is 0 Å². The molecule has 23 heavy (non-hydrogen) atoms. The van der Waals surface area contributed by atoms with E-state index in [1.165, 1.54) is 24.2 Å². The fourth-order valence-corrected chi connectivity index (χ4v) is 4.50. The Kier molecular flexibility index (Phi) is 4.75. The average molecular weight is 354 g/mol. The molecule has 0 aliphatic carbocycles. The number of carbonyl (C=O) groups is 1. The highest BCUT2D eigenvalue weighted by atomic mass is 35.5. The van der Waals surface area contributed by atoms with Gasteiger partial charge in [-0.3, -0.25) is 9.59 Å². The third-order valence-corrected chi connectivity index (χ3v) is 5.83. The molecule has 0 spiro atoms. The number of hydrogen-bond donors (Lipinski definition) is 2. The smallest absolute Gasteiger partial charge is 0.224 e. The molecule has 2 N–H and O–H groups in total. The summed E-state index contributed by atoms with van der Waals surface area (Å²) in [5, 5.41) is 5.03. The minimum atomic E-state index is -0.0415. The number of aromatic nitrogens is 1. The van der Waals surface area contributed by atoms with Crippen molar-refractivity contribution in [3.05, 3.63) is 33.4 Å². The molecule has 1 amide bonds. The van der Waals surface area contributed by atoms with Gasteiger partial charge in [-0.1, -0.05) is 0 Å². The van der Waals surface area contributed by atoms with Crippen LogP contribution in [0.1, 0.15) is 18.4 Å². The first-order valence-electron chi connectivity index (χ1n) is 7.80. The van der Waals surface area contributed by atoms with Gasteiger partial charge < -0.3 is 15.2 Å². The molecule has 2 aromatic heterocycles. The van der Waals surface area contributed by atoms with E-state index in [0.717, 1.165) is 25.2 Å². The number of pyridine rings is 1. The van der Waals surface area contributed by atoms with Crippen molar-refractivity contribution in [1.29, 1.82) is 0 Å². The first-order chi connectivity index (χ1) is 10.7. The van der Waals surface area contributed by atoms with E-state index in [4.69, 9.17) is 0 Å². The fraction of sp³-hybridized carbons (Fsp3) is 0.500. The topological polar surface area (TPSA) is 65.2 Å². The van der Waals surface area contributed by atoms with Crippen molar-refractivity contribution in [1.82, 2.24) is 15.2 Å². The maximum atomic E-state index is 12.3. The Balaban J connectivity index is 0.00000156. The van der Waals surface area contributed by atoms with Gasteiger partial charge in [0.05, 0.1) is 16.6 Å². The highest BCUT2D eigenvalue weighted by Crippen LogP contribution is 2.27. The number of fused-ring (bicyclic) bond motifs is 4. The molecule has 5 nitrogen and oxygen atoms in total. The zero-order chi connectivity index (χ0) is 15.1. The predicted molar refractivity (Wildman–Crippen MR) is 94.5 cm³/mol. The minimum Gasteiger partial charge on any atom is -0.360 e. The highest BCUT2D eigenvalue weighted by Gasteiger charge is 2.34. The summed E-state index contributed by atoms with van der Waals surface area (Å²) in [5.41, 5.74) is 1.37. The van der Waals surface area contributed by atoms with E-state index >= 15 is 0 Å². The normalized spacial score (nSPS) is 26.0. The zero-order valence-corrected chi connectivity index (χ0v) is 14.3. The monoisotopic (exact) mass is 353 g/mol. The molecular weight excluding hydrogens is 334 g/mol.